The number of nitrogens with zero attached hydrogens (tertiary/aromatic N) is 5. The molecule has 0 radical (unpaired) electrons. The Morgan fingerprint density at radius 1 is 1.00 bits per heavy atom. The van der Waals surface area contributed by atoms with Gasteiger partial charge in [0.15, 0.2) is 5.82 Å². The molecule has 3 saturated heterocycles. The highest BCUT2D eigenvalue weighted by Crippen LogP contribution is 2.31. The summed E-state index contributed by atoms with van der Waals surface area (Å²) in [5, 5.41) is 16.3. The topological polar surface area (TPSA) is 108 Å². The van der Waals surface area contributed by atoms with Crippen LogP contribution in [0.15, 0.2) is 48.8 Å². The number of hydrogen-bond donors (Lipinski definition) is 2. The fourth-order valence-electron chi connectivity index (χ4n) is 5.45. The van der Waals surface area contributed by atoms with Gasteiger partial charge in [0, 0.05) is 11.3 Å². The molecule has 2 N–H and O–H groups in total. The molecule has 1 aromatic heterocycles. The Morgan fingerprint density at radius 2 is 1.79 bits per heavy atom. The first kappa shape index (κ1) is 24.7. The van der Waals surface area contributed by atoms with Crippen molar-refractivity contribution in [2.45, 2.75) is 43.7 Å². The number of ether oxygens (including phenoxy) is 2. The predicted molar refractivity (Wildman–Crippen MR) is 144 cm³/mol. The Hall–Kier alpha value is -3.58. The normalized spacial score (nSPS) is 19.4. The van der Waals surface area contributed by atoms with E-state index < -0.39 is 0 Å². The van der Waals surface area contributed by atoms with Gasteiger partial charge in [-0.15, -0.1) is 0 Å². The molecule has 4 heterocycles. The Kier molecular flexibility index (Phi) is 7.45. The van der Waals surface area contributed by atoms with Gasteiger partial charge < -0.3 is 20.1 Å². The van der Waals surface area contributed by atoms with Crippen LogP contribution in [0, 0.1) is 11.3 Å². The van der Waals surface area contributed by atoms with E-state index in [0.717, 1.165) is 63.5 Å². The summed E-state index contributed by atoms with van der Waals surface area (Å²) in [6.07, 6.45) is 5.87. The van der Waals surface area contributed by atoms with Crippen molar-refractivity contribution < 1.29 is 9.47 Å². The van der Waals surface area contributed by atoms with E-state index in [2.05, 4.69) is 60.8 Å². The molecule has 0 spiro atoms. The first-order chi connectivity index (χ1) is 18.7. The zero-order chi connectivity index (χ0) is 25.7. The quantitative estimate of drug-likeness (QED) is 0.489. The van der Waals surface area contributed by atoms with Gasteiger partial charge in [-0.05, 0) is 93.7 Å². The molecule has 0 aliphatic carbocycles. The second kappa shape index (κ2) is 11.4. The average Bonchev–Trinajstić information content (AvgIpc) is 2.94. The van der Waals surface area contributed by atoms with Gasteiger partial charge in [0.2, 0.25) is 5.95 Å². The summed E-state index contributed by atoms with van der Waals surface area (Å²) in [6, 6.07) is 17.0. The number of rotatable bonds is 7. The van der Waals surface area contributed by atoms with Crippen LogP contribution in [0.3, 0.4) is 0 Å². The highest BCUT2D eigenvalue weighted by atomic mass is 16.5. The molecule has 9 heteroatoms. The SMILES string of the molecule is N#Cc1cc(-c2ncnc(Nc3ccc(C4CCN(C5COC5)CC4)cc3)n2)ccc1OC1CCNCC1. The van der Waals surface area contributed by atoms with Crippen LogP contribution < -0.4 is 15.4 Å². The molecule has 3 aromatic rings. The van der Waals surface area contributed by atoms with E-state index in [0.29, 0.717) is 35.0 Å². The van der Waals surface area contributed by atoms with E-state index in [9.17, 15) is 5.26 Å². The molecule has 2 aromatic carbocycles. The molecule has 0 saturated carbocycles. The highest BCUT2D eigenvalue weighted by molar-refractivity contribution is 5.63. The maximum absolute atomic E-state index is 9.72. The molecule has 38 heavy (non-hydrogen) atoms. The summed E-state index contributed by atoms with van der Waals surface area (Å²) in [5.74, 6) is 2.18. The number of aromatic nitrogens is 3. The molecule has 0 unspecified atom stereocenters. The first-order valence-electron chi connectivity index (χ1n) is 13.5. The van der Waals surface area contributed by atoms with Crippen molar-refractivity contribution in [2.75, 3.05) is 44.7 Å². The molecule has 0 bridgehead atoms. The second-order valence-electron chi connectivity index (χ2n) is 10.3. The number of piperidine rings is 2. The lowest BCUT2D eigenvalue weighted by molar-refractivity contribution is -0.0712. The lowest BCUT2D eigenvalue weighted by Crippen LogP contribution is -2.51. The minimum atomic E-state index is 0.129. The van der Waals surface area contributed by atoms with Crippen LogP contribution in [0.25, 0.3) is 11.4 Å². The highest BCUT2D eigenvalue weighted by Gasteiger charge is 2.30. The molecule has 0 atom stereocenters. The van der Waals surface area contributed by atoms with Gasteiger partial charge in [0.1, 0.15) is 24.3 Å². The van der Waals surface area contributed by atoms with Gasteiger partial charge in [-0.1, -0.05) is 12.1 Å². The van der Waals surface area contributed by atoms with E-state index in [-0.39, 0.29) is 6.10 Å². The number of anilines is 2. The summed E-state index contributed by atoms with van der Waals surface area (Å²) in [7, 11) is 0. The third-order valence-electron chi connectivity index (χ3n) is 7.81. The number of nitriles is 1. The van der Waals surface area contributed by atoms with Crippen molar-refractivity contribution in [1.82, 2.24) is 25.2 Å². The van der Waals surface area contributed by atoms with Gasteiger partial charge in [0.05, 0.1) is 24.8 Å². The van der Waals surface area contributed by atoms with Crippen molar-refractivity contribution in [3.05, 3.63) is 59.9 Å². The summed E-state index contributed by atoms with van der Waals surface area (Å²) in [6.45, 7) is 5.94. The van der Waals surface area contributed by atoms with E-state index in [1.807, 2.05) is 12.1 Å². The maximum atomic E-state index is 9.72. The summed E-state index contributed by atoms with van der Waals surface area (Å²) < 4.78 is 11.5. The Bertz CT molecular complexity index is 1270. The number of nitrogens with one attached hydrogen (secondary N) is 2. The summed E-state index contributed by atoms with van der Waals surface area (Å²) >= 11 is 0. The molecule has 3 fully saturated rings. The summed E-state index contributed by atoms with van der Waals surface area (Å²) in [4.78, 5) is 15.8. The van der Waals surface area contributed by atoms with E-state index in [4.69, 9.17) is 9.47 Å². The zero-order valence-corrected chi connectivity index (χ0v) is 21.5. The second-order valence-corrected chi connectivity index (χ2v) is 10.3. The van der Waals surface area contributed by atoms with Crippen molar-refractivity contribution in [2.24, 2.45) is 0 Å². The largest absolute Gasteiger partial charge is 0.489 e. The Labute approximate surface area is 223 Å². The minimum Gasteiger partial charge on any atom is -0.489 e. The minimum absolute atomic E-state index is 0.129. The molecular formula is C29H33N7O2. The molecule has 3 aliphatic rings. The fraction of sp³-hybridized carbons (Fsp3) is 0.448. The number of likely N-dealkylation sites (tertiary alicyclic amines) is 1. The van der Waals surface area contributed by atoms with Crippen molar-refractivity contribution in [3.63, 3.8) is 0 Å². The van der Waals surface area contributed by atoms with Crippen LogP contribution >= 0.6 is 0 Å². The Balaban J connectivity index is 1.10. The van der Waals surface area contributed by atoms with Crippen LogP contribution in [0.5, 0.6) is 5.75 Å². The van der Waals surface area contributed by atoms with Crippen LogP contribution in [-0.4, -0.2) is 71.4 Å². The monoisotopic (exact) mass is 511 g/mol. The summed E-state index contributed by atoms with van der Waals surface area (Å²) in [5.41, 5.74) is 3.55. The predicted octanol–water partition coefficient (Wildman–Crippen LogP) is 3.86. The smallest absolute Gasteiger partial charge is 0.230 e. The Morgan fingerprint density at radius 3 is 2.50 bits per heavy atom. The zero-order valence-electron chi connectivity index (χ0n) is 21.5. The van der Waals surface area contributed by atoms with Gasteiger partial charge in [0.25, 0.3) is 0 Å². The molecule has 0 amide bonds. The number of hydrogen-bond acceptors (Lipinski definition) is 9. The van der Waals surface area contributed by atoms with Crippen LogP contribution in [0.2, 0.25) is 0 Å². The third-order valence-corrected chi connectivity index (χ3v) is 7.81. The molecule has 196 valence electrons. The first-order valence-corrected chi connectivity index (χ1v) is 13.5. The van der Waals surface area contributed by atoms with Crippen LogP contribution in [0.4, 0.5) is 11.6 Å². The van der Waals surface area contributed by atoms with Gasteiger partial charge >= 0.3 is 0 Å². The molecular weight excluding hydrogens is 478 g/mol. The van der Waals surface area contributed by atoms with Crippen molar-refractivity contribution in [3.8, 4) is 23.2 Å². The lowest BCUT2D eigenvalue weighted by atomic mass is 9.88. The van der Waals surface area contributed by atoms with Gasteiger partial charge in [-0.3, -0.25) is 4.90 Å². The standard InChI is InChI=1S/C29H33N7O2/c30-16-23-15-22(3-6-27(23)38-26-7-11-31-12-8-26)28-32-19-33-29(35-28)34-24-4-1-20(2-5-24)21-9-13-36(14-10-21)25-17-37-18-25/h1-6,15,19,21,25-26,31H,7-14,17-18H2,(H,32,33,34,35). The van der Waals surface area contributed by atoms with Crippen LogP contribution in [0.1, 0.15) is 42.7 Å². The number of benzene rings is 2. The lowest BCUT2D eigenvalue weighted by Gasteiger charge is -2.41. The molecule has 9 nitrogen and oxygen atoms in total. The third kappa shape index (κ3) is 5.63. The van der Waals surface area contributed by atoms with Crippen molar-refractivity contribution >= 4 is 11.6 Å². The van der Waals surface area contributed by atoms with E-state index in [1.54, 1.807) is 6.07 Å². The van der Waals surface area contributed by atoms with Gasteiger partial charge in [-0.2, -0.15) is 10.2 Å². The van der Waals surface area contributed by atoms with E-state index in [1.165, 1.54) is 24.7 Å². The van der Waals surface area contributed by atoms with E-state index >= 15 is 0 Å². The molecule has 3 aliphatic heterocycles. The average molecular weight is 512 g/mol. The fourth-order valence-corrected chi connectivity index (χ4v) is 5.45. The maximum Gasteiger partial charge on any atom is 0.230 e. The van der Waals surface area contributed by atoms with Crippen LogP contribution in [-0.2, 0) is 4.74 Å². The van der Waals surface area contributed by atoms with Gasteiger partial charge in [-0.25, -0.2) is 9.97 Å². The van der Waals surface area contributed by atoms with Crippen molar-refractivity contribution in [1.29, 1.82) is 5.26 Å². The molecule has 6 rings (SSSR count).